The van der Waals surface area contributed by atoms with Crippen LogP contribution in [0.4, 0.5) is 5.69 Å². The van der Waals surface area contributed by atoms with Crippen LogP contribution in [0.2, 0.25) is 0 Å². The molecule has 3 heterocycles. The van der Waals surface area contributed by atoms with Crippen LogP contribution in [0, 0.1) is 0 Å². The summed E-state index contributed by atoms with van der Waals surface area (Å²) >= 11 is 1.16. The van der Waals surface area contributed by atoms with E-state index < -0.39 is 12.0 Å². The molecule has 9 heteroatoms. The number of anilines is 1. The highest BCUT2D eigenvalue weighted by Crippen LogP contribution is 2.37. The van der Waals surface area contributed by atoms with Crippen molar-refractivity contribution in [2.45, 2.75) is 26.8 Å². The first kappa shape index (κ1) is 27.4. The Morgan fingerprint density at radius 2 is 1.62 bits per heavy atom. The third-order valence-electron chi connectivity index (χ3n) is 7.32. The number of rotatable bonds is 7. The summed E-state index contributed by atoms with van der Waals surface area (Å²) in [6.07, 6.45) is 0. The van der Waals surface area contributed by atoms with Crippen LogP contribution in [-0.2, 0) is 14.3 Å². The van der Waals surface area contributed by atoms with Crippen molar-refractivity contribution in [3.63, 3.8) is 0 Å². The van der Waals surface area contributed by atoms with E-state index in [0.717, 1.165) is 22.6 Å². The molecular formula is C33H29N3O5S. The van der Waals surface area contributed by atoms with Gasteiger partial charge in [0.1, 0.15) is 10.3 Å². The van der Waals surface area contributed by atoms with Crippen LogP contribution in [-0.4, -0.2) is 36.2 Å². The van der Waals surface area contributed by atoms with E-state index in [1.165, 1.54) is 4.57 Å². The smallest absolute Gasteiger partial charge is 0.338 e. The van der Waals surface area contributed by atoms with Crippen molar-refractivity contribution in [1.82, 2.24) is 4.57 Å². The Hall–Kier alpha value is -4.76. The van der Waals surface area contributed by atoms with Gasteiger partial charge in [0.25, 0.3) is 11.5 Å². The number of carbonyl (C=O) groups is 2. The van der Waals surface area contributed by atoms with Crippen molar-refractivity contribution in [3.8, 4) is 5.75 Å². The first-order valence-corrected chi connectivity index (χ1v) is 14.7. The monoisotopic (exact) mass is 579 g/mol. The van der Waals surface area contributed by atoms with Gasteiger partial charge in [0.05, 0.1) is 41.8 Å². The number of thiazole rings is 1. The summed E-state index contributed by atoms with van der Waals surface area (Å²) in [5, 5.41) is 0. The molecule has 0 bridgehead atoms. The molecule has 0 fully saturated rings. The normalized spacial score (nSPS) is 17.1. The molecule has 4 aromatic rings. The summed E-state index contributed by atoms with van der Waals surface area (Å²) in [5.74, 6) is -0.112. The predicted octanol–water partition coefficient (Wildman–Crippen LogP) is 4.07. The summed E-state index contributed by atoms with van der Waals surface area (Å²) in [6, 6.07) is 23.4. The van der Waals surface area contributed by atoms with E-state index in [2.05, 4.69) is 0 Å². The highest BCUT2D eigenvalue weighted by atomic mass is 32.1. The van der Waals surface area contributed by atoms with Crippen LogP contribution in [0.1, 0.15) is 43.5 Å². The predicted molar refractivity (Wildman–Crippen MR) is 162 cm³/mol. The van der Waals surface area contributed by atoms with Gasteiger partial charge in [-0.15, -0.1) is 0 Å². The molecule has 8 nitrogen and oxygen atoms in total. The van der Waals surface area contributed by atoms with Gasteiger partial charge in [-0.1, -0.05) is 72.0 Å². The van der Waals surface area contributed by atoms with Crippen LogP contribution in [0.5, 0.6) is 5.75 Å². The lowest BCUT2D eigenvalue weighted by molar-refractivity contribution is -0.138. The van der Waals surface area contributed by atoms with Gasteiger partial charge in [-0.3, -0.25) is 14.2 Å². The summed E-state index contributed by atoms with van der Waals surface area (Å²) in [4.78, 5) is 48.7. The number of fused-ring (bicyclic) bond motifs is 2. The van der Waals surface area contributed by atoms with E-state index in [4.69, 9.17) is 14.5 Å². The molecule has 1 amide bonds. The van der Waals surface area contributed by atoms with E-state index >= 15 is 0 Å². The lowest BCUT2D eigenvalue weighted by Crippen LogP contribution is -2.41. The van der Waals surface area contributed by atoms with Gasteiger partial charge in [0, 0.05) is 17.7 Å². The van der Waals surface area contributed by atoms with Gasteiger partial charge in [0.15, 0.2) is 4.80 Å². The van der Waals surface area contributed by atoms with Gasteiger partial charge in [-0.2, -0.15) is 0 Å². The zero-order valence-corrected chi connectivity index (χ0v) is 24.3. The zero-order valence-electron chi connectivity index (χ0n) is 23.5. The molecule has 3 aromatic carbocycles. The van der Waals surface area contributed by atoms with E-state index in [1.807, 2.05) is 92.7 Å². The first-order valence-electron chi connectivity index (χ1n) is 13.9. The number of para-hydroxylation sites is 1. The number of hydrogen-bond donors (Lipinski definition) is 0. The molecule has 2 aliphatic rings. The third-order valence-corrected chi connectivity index (χ3v) is 8.38. The lowest BCUT2D eigenvalue weighted by atomic mass is 9.93. The average Bonchev–Trinajstić information content (AvgIpc) is 3.49. The standard InChI is InChI=1S/C33H29N3O5S/c1-4-35-24-15-11-10-14-23(24)25(30(35)37)29-31(38)36-28(21-16-18-22(19-17-21)40-5-2)26(32(39)41-6-3)27(34-33(36)42-29)20-12-8-7-9-13-20/h7-19,28H,4-6H2,1-3H3/b29-25-/t28-/m0/s1. The van der Waals surface area contributed by atoms with Crippen molar-refractivity contribution in [2.75, 3.05) is 24.7 Å². The maximum Gasteiger partial charge on any atom is 0.338 e. The minimum Gasteiger partial charge on any atom is -0.494 e. The largest absolute Gasteiger partial charge is 0.494 e. The number of benzene rings is 3. The van der Waals surface area contributed by atoms with E-state index in [0.29, 0.717) is 46.1 Å². The molecule has 1 atom stereocenters. The molecule has 0 saturated carbocycles. The molecule has 212 valence electrons. The van der Waals surface area contributed by atoms with Gasteiger partial charge < -0.3 is 14.4 Å². The van der Waals surface area contributed by atoms with Gasteiger partial charge in [-0.05, 0) is 44.5 Å². The number of hydrogen-bond acceptors (Lipinski definition) is 7. The molecular weight excluding hydrogens is 550 g/mol. The maximum absolute atomic E-state index is 14.4. The Labute approximate surface area is 246 Å². The molecule has 0 unspecified atom stereocenters. The Balaban J connectivity index is 1.69. The highest BCUT2D eigenvalue weighted by Gasteiger charge is 2.38. The van der Waals surface area contributed by atoms with Crippen molar-refractivity contribution in [1.29, 1.82) is 0 Å². The fourth-order valence-corrected chi connectivity index (χ4v) is 6.62. The lowest BCUT2D eigenvalue weighted by Gasteiger charge is -2.26. The Bertz CT molecular complexity index is 1910. The van der Waals surface area contributed by atoms with Gasteiger partial charge in [0.2, 0.25) is 0 Å². The second kappa shape index (κ2) is 11.3. The summed E-state index contributed by atoms with van der Waals surface area (Å²) in [5.41, 5.74) is 3.54. The molecule has 0 spiro atoms. The number of likely N-dealkylation sites (N-methyl/N-ethyl adjacent to an activating group) is 1. The minimum absolute atomic E-state index is 0.160. The summed E-state index contributed by atoms with van der Waals surface area (Å²) < 4.78 is 13.0. The minimum atomic E-state index is -0.838. The Morgan fingerprint density at radius 1 is 0.905 bits per heavy atom. The van der Waals surface area contributed by atoms with Gasteiger partial charge in [-0.25, -0.2) is 9.79 Å². The fourth-order valence-electron chi connectivity index (χ4n) is 5.53. The van der Waals surface area contributed by atoms with Crippen LogP contribution in [0.25, 0.3) is 11.3 Å². The molecule has 2 aliphatic heterocycles. The molecule has 6 rings (SSSR count). The number of nitrogens with zero attached hydrogens (tertiary/aromatic N) is 3. The summed E-state index contributed by atoms with van der Waals surface area (Å²) in [6.45, 7) is 6.69. The van der Waals surface area contributed by atoms with Crippen LogP contribution in [0.15, 0.2) is 94.2 Å². The number of esters is 1. The number of ether oxygens (including phenoxy) is 2. The molecule has 0 saturated heterocycles. The molecule has 1 aromatic heterocycles. The van der Waals surface area contributed by atoms with E-state index in [1.54, 1.807) is 11.8 Å². The Kier molecular flexibility index (Phi) is 7.34. The van der Waals surface area contributed by atoms with Crippen molar-refractivity contribution in [2.24, 2.45) is 4.99 Å². The highest BCUT2D eigenvalue weighted by molar-refractivity contribution is 7.07. The second-order valence-corrected chi connectivity index (χ2v) is 10.7. The molecule has 42 heavy (non-hydrogen) atoms. The van der Waals surface area contributed by atoms with E-state index in [9.17, 15) is 14.4 Å². The number of carbonyl (C=O) groups excluding carboxylic acids is 2. The SMILES string of the molecule is CCOC(=O)C1=C(c2ccccc2)N=c2s/c(=C3\C(=O)N(CC)c4ccccc43)c(=O)n2[C@H]1c1ccc(OCC)cc1. The zero-order chi connectivity index (χ0) is 29.4. The average molecular weight is 580 g/mol. The van der Waals surface area contributed by atoms with Crippen LogP contribution in [0.3, 0.4) is 0 Å². The van der Waals surface area contributed by atoms with Gasteiger partial charge >= 0.3 is 5.97 Å². The first-order chi connectivity index (χ1) is 20.5. The van der Waals surface area contributed by atoms with Crippen LogP contribution >= 0.6 is 11.3 Å². The van der Waals surface area contributed by atoms with Crippen molar-refractivity contribution < 1.29 is 19.1 Å². The number of amides is 1. The third kappa shape index (κ3) is 4.46. The topological polar surface area (TPSA) is 90.2 Å². The quantitative estimate of drug-likeness (QED) is 0.308. The maximum atomic E-state index is 14.4. The van der Waals surface area contributed by atoms with Crippen molar-refractivity contribution in [3.05, 3.63) is 121 Å². The second-order valence-electron chi connectivity index (χ2n) is 9.70. The Morgan fingerprint density at radius 3 is 2.31 bits per heavy atom. The molecule has 0 radical (unpaired) electrons. The molecule has 0 N–H and O–H groups in total. The van der Waals surface area contributed by atoms with E-state index in [-0.39, 0.29) is 28.2 Å². The molecule has 0 aliphatic carbocycles. The summed E-state index contributed by atoms with van der Waals surface area (Å²) in [7, 11) is 0. The number of aromatic nitrogens is 1. The van der Waals surface area contributed by atoms with Crippen molar-refractivity contribution >= 4 is 40.2 Å². The van der Waals surface area contributed by atoms with Crippen LogP contribution < -0.4 is 24.5 Å². The fraction of sp³-hybridized carbons (Fsp3) is 0.212.